The van der Waals surface area contributed by atoms with Gasteiger partial charge in [0.05, 0.1) is 6.07 Å². The molecule has 0 bridgehead atoms. The van der Waals surface area contributed by atoms with Crippen LogP contribution in [-0.2, 0) is 0 Å². The first-order valence-corrected chi connectivity index (χ1v) is 8.89. The van der Waals surface area contributed by atoms with E-state index in [4.69, 9.17) is 0 Å². The van der Waals surface area contributed by atoms with E-state index in [9.17, 15) is 5.26 Å². The smallest absolute Gasteiger partial charge is 0.108 e. The van der Waals surface area contributed by atoms with Gasteiger partial charge >= 0.3 is 0 Å². The maximum absolute atomic E-state index is 9.71. The molecule has 1 fully saturated rings. The number of nitriles is 1. The lowest BCUT2D eigenvalue weighted by Crippen LogP contribution is -2.55. The average molecular weight is 293 g/mol. The van der Waals surface area contributed by atoms with E-state index in [1.807, 2.05) is 0 Å². The first-order valence-electron chi connectivity index (χ1n) is 8.89. The molecular formula is C18H35N3. The number of nitrogens with one attached hydrogen (secondary N) is 1. The topological polar surface area (TPSA) is 39.1 Å². The fourth-order valence-corrected chi connectivity index (χ4v) is 3.75. The fourth-order valence-electron chi connectivity index (χ4n) is 3.75. The Bertz CT molecular complexity index is 332. The van der Waals surface area contributed by atoms with Gasteiger partial charge in [-0.25, -0.2) is 0 Å². The molecule has 21 heavy (non-hydrogen) atoms. The van der Waals surface area contributed by atoms with Crippen molar-refractivity contribution in [1.29, 1.82) is 5.26 Å². The second kappa shape index (κ2) is 8.76. The molecule has 0 aromatic carbocycles. The highest BCUT2D eigenvalue weighted by Crippen LogP contribution is 2.32. The summed E-state index contributed by atoms with van der Waals surface area (Å²) in [4.78, 5) is 2.64. The molecule has 0 aliphatic heterocycles. The lowest BCUT2D eigenvalue weighted by atomic mass is 9.78. The molecule has 0 amide bonds. The van der Waals surface area contributed by atoms with Crippen LogP contribution in [0.15, 0.2) is 0 Å². The monoisotopic (exact) mass is 293 g/mol. The maximum Gasteiger partial charge on any atom is 0.108 e. The third-order valence-electron chi connectivity index (χ3n) is 4.66. The van der Waals surface area contributed by atoms with E-state index >= 15 is 0 Å². The summed E-state index contributed by atoms with van der Waals surface area (Å²) >= 11 is 0. The molecule has 0 aromatic heterocycles. The second-order valence-electron chi connectivity index (χ2n) is 7.28. The lowest BCUT2D eigenvalue weighted by molar-refractivity contribution is 0.0878. The van der Waals surface area contributed by atoms with E-state index in [0.717, 1.165) is 19.3 Å². The van der Waals surface area contributed by atoms with E-state index in [1.165, 1.54) is 32.2 Å². The molecule has 0 aromatic rings. The molecule has 3 heteroatoms. The zero-order valence-corrected chi connectivity index (χ0v) is 14.8. The minimum atomic E-state index is -0.311. The van der Waals surface area contributed by atoms with Gasteiger partial charge in [0.2, 0.25) is 0 Å². The van der Waals surface area contributed by atoms with E-state index in [2.05, 4.69) is 50.9 Å². The molecular weight excluding hydrogens is 258 g/mol. The van der Waals surface area contributed by atoms with Gasteiger partial charge < -0.3 is 0 Å². The average Bonchev–Trinajstić information content (AvgIpc) is 2.42. The molecule has 1 rings (SSSR count). The van der Waals surface area contributed by atoms with Crippen LogP contribution in [-0.4, -0.2) is 35.1 Å². The summed E-state index contributed by atoms with van der Waals surface area (Å²) in [6.07, 6.45) is 8.24. The second-order valence-corrected chi connectivity index (χ2v) is 7.28. The van der Waals surface area contributed by atoms with Crippen LogP contribution in [0.4, 0.5) is 0 Å². The summed E-state index contributed by atoms with van der Waals surface area (Å²) in [5, 5.41) is 13.3. The number of hydrogen-bond donors (Lipinski definition) is 1. The number of hydrogen-bond acceptors (Lipinski definition) is 3. The predicted octanol–water partition coefficient (Wildman–Crippen LogP) is 4.09. The van der Waals surface area contributed by atoms with Crippen LogP contribution in [0.1, 0.15) is 79.6 Å². The standard InChI is InChI=1S/C18H35N3/c1-6-7-8-12-21(16(4)5)17-10-9-11-18(13-17,14-19)20-15(2)3/h15-17,20H,6-13H2,1-5H3. The summed E-state index contributed by atoms with van der Waals surface area (Å²) < 4.78 is 0. The zero-order valence-electron chi connectivity index (χ0n) is 14.8. The van der Waals surface area contributed by atoms with Crippen molar-refractivity contribution in [3.05, 3.63) is 0 Å². The van der Waals surface area contributed by atoms with Crippen molar-refractivity contribution in [3.63, 3.8) is 0 Å². The Kier molecular flexibility index (Phi) is 7.70. The van der Waals surface area contributed by atoms with Gasteiger partial charge in [-0.3, -0.25) is 10.2 Å². The molecule has 2 atom stereocenters. The molecule has 0 spiro atoms. The number of nitrogens with zero attached hydrogens (tertiary/aromatic N) is 2. The zero-order chi connectivity index (χ0) is 15.9. The molecule has 0 radical (unpaired) electrons. The van der Waals surface area contributed by atoms with Gasteiger partial charge in [0.25, 0.3) is 0 Å². The van der Waals surface area contributed by atoms with Gasteiger partial charge in [-0.2, -0.15) is 5.26 Å². The summed E-state index contributed by atoms with van der Waals surface area (Å²) in [6.45, 7) is 12.3. The number of unbranched alkanes of at least 4 members (excludes halogenated alkanes) is 2. The highest BCUT2D eigenvalue weighted by molar-refractivity contribution is 5.11. The number of rotatable bonds is 8. The Hall–Kier alpha value is -0.590. The lowest BCUT2D eigenvalue weighted by Gasteiger charge is -2.44. The molecule has 2 unspecified atom stereocenters. The van der Waals surface area contributed by atoms with E-state index < -0.39 is 0 Å². The van der Waals surface area contributed by atoms with Gasteiger partial charge in [0, 0.05) is 18.1 Å². The minimum Gasteiger partial charge on any atom is -0.298 e. The molecule has 3 nitrogen and oxygen atoms in total. The Morgan fingerprint density at radius 2 is 2.00 bits per heavy atom. The van der Waals surface area contributed by atoms with Gasteiger partial charge in [-0.1, -0.05) is 19.8 Å². The third-order valence-corrected chi connectivity index (χ3v) is 4.66. The SMILES string of the molecule is CCCCCN(C(C)C)C1CCCC(C#N)(NC(C)C)C1. The molecule has 1 aliphatic carbocycles. The van der Waals surface area contributed by atoms with Crippen LogP contribution < -0.4 is 5.32 Å². The summed E-state index contributed by atoms with van der Waals surface area (Å²) in [5.74, 6) is 0. The Morgan fingerprint density at radius 3 is 2.52 bits per heavy atom. The maximum atomic E-state index is 9.71. The van der Waals surface area contributed by atoms with Crippen molar-refractivity contribution >= 4 is 0 Å². The summed E-state index contributed by atoms with van der Waals surface area (Å²) in [6, 6.07) is 4.10. The van der Waals surface area contributed by atoms with E-state index in [1.54, 1.807) is 0 Å². The van der Waals surface area contributed by atoms with Crippen LogP contribution in [0, 0.1) is 11.3 Å². The highest BCUT2D eigenvalue weighted by Gasteiger charge is 2.39. The van der Waals surface area contributed by atoms with Crippen molar-refractivity contribution in [2.45, 2.75) is 103 Å². The fraction of sp³-hybridized carbons (Fsp3) is 0.944. The molecule has 1 N–H and O–H groups in total. The van der Waals surface area contributed by atoms with Gasteiger partial charge in [0.1, 0.15) is 5.54 Å². The van der Waals surface area contributed by atoms with Crippen LogP contribution in [0.25, 0.3) is 0 Å². The molecule has 1 aliphatic rings. The van der Waals surface area contributed by atoms with Gasteiger partial charge in [-0.05, 0) is 66.3 Å². The molecule has 0 saturated heterocycles. The van der Waals surface area contributed by atoms with Crippen molar-refractivity contribution in [3.8, 4) is 6.07 Å². The molecule has 122 valence electrons. The largest absolute Gasteiger partial charge is 0.298 e. The predicted molar refractivity (Wildman–Crippen MR) is 90.2 cm³/mol. The van der Waals surface area contributed by atoms with Crippen molar-refractivity contribution in [1.82, 2.24) is 10.2 Å². The normalized spacial score (nSPS) is 26.5. The molecule has 0 heterocycles. The van der Waals surface area contributed by atoms with Gasteiger partial charge in [-0.15, -0.1) is 0 Å². The minimum absolute atomic E-state index is 0.311. The highest BCUT2D eigenvalue weighted by atomic mass is 15.2. The Morgan fingerprint density at radius 1 is 1.29 bits per heavy atom. The van der Waals surface area contributed by atoms with E-state index in [-0.39, 0.29) is 5.54 Å². The van der Waals surface area contributed by atoms with Crippen molar-refractivity contribution in [2.75, 3.05) is 6.54 Å². The molecule has 1 saturated carbocycles. The van der Waals surface area contributed by atoms with Gasteiger partial charge in [0.15, 0.2) is 0 Å². The first-order chi connectivity index (χ1) is 9.94. The van der Waals surface area contributed by atoms with Crippen LogP contribution >= 0.6 is 0 Å². The van der Waals surface area contributed by atoms with E-state index in [0.29, 0.717) is 18.1 Å². The Balaban J connectivity index is 2.73. The van der Waals surface area contributed by atoms with Crippen molar-refractivity contribution < 1.29 is 0 Å². The van der Waals surface area contributed by atoms with Crippen LogP contribution in [0.3, 0.4) is 0 Å². The summed E-state index contributed by atoms with van der Waals surface area (Å²) in [5.41, 5.74) is -0.311. The van der Waals surface area contributed by atoms with Crippen molar-refractivity contribution in [2.24, 2.45) is 0 Å². The summed E-state index contributed by atoms with van der Waals surface area (Å²) in [7, 11) is 0. The van der Waals surface area contributed by atoms with Crippen LogP contribution in [0.5, 0.6) is 0 Å². The van der Waals surface area contributed by atoms with Crippen LogP contribution in [0.2, 0.25) is 0 Å². The quantitative estimate of drug-likeness (QED) is 0.685. The third kappa shape index (κ3) is 5.60. The first kappa shape index (κ1) is 18.5. The Labute approximate surface area is 132 Å².